The molecule has 0 atom stereocenters. The lowest BCUT2D eigenvalue weighted by molar-refractivity contribution is 0.323. The first-order valence-electron chi connectivity index (χ1n) is 3.99. The number of oxime groups is 1. The lowest BCUT2D eigenvalue weighted by atomic mass is 10.3. The van der Waals surface area contributed by atoms with Gasteiger partial charge in [-0.25, -0.2) is 0 Å². The van der Waals surface area contributed by atoms with E-state index in [-0.39, 0.29) is 0 Å². The fourth-order valence-electron chi connectivity index (χ4n) is 1.05. The summed E-state index contributed by atoms with van der Waals surface area (Å²) in [5, 5.41) is 3.98. The molecule has 0 N–H and O–H groups in total. The van der Waals surface area contributed by atoms with Crippen LogP contribution in [-0.2, 0) is 4.84 Å². The van der Waals surface area contributed by atoms with Gasteiger partial charge >= 0.3 is 0 Å². The van der Waals surface area contributed by atoms with Gasteiger partial charge in [-0.2, -0.15) is 0 Å². The fraction of sp³-hybridized carbons (Fsp3) is 0.750. The molecule has 0 amide bonds. The van der Waals surface area contributed by atoms with Crippen molar-refractivity contribution in [3.05, 3.63) is 0 Å². The topological polar surface area (TPSA) is 34.0 Å². The molecule has 1 rings (SSSR count). The molecular formula is C8H14N2O. The second kappa shape index (κ2) is 4.11. The van der Waals surface area contributed by atoms with E-state index in [2.05, 4.69) is 10.1 Å². The standard InChI is InChI=1S/C8H14N2O/c1-7(9-2)11-10-8-5-3-4-6-8/h3-6H2,1-2H3. The van der Waals surface area contributed by atoms with Crippen LogP contribution in [0.25, 0.3) is 0 Å². The van der Waals surface area contributed by atoms with Crippen molar-refractivity contribution in [1.29, 1.82) is 0 Å². The Morgan fingerprint density at radius 2 is 2.00 bits per heavy atom. The maximum Gasteiger partial charge on any atom is 0.216 e. The molecule has 0 spiro atoms. The molecule has 0 unspecified atom stereocenters. The minimum atomic E-state index is 0.629. The van der Waals surface area contributed by atoms with Gasteiger partial charge in [0.2, 0.25) is 5.90 Å². The quantitative estimate of drug-likeness (QED) is 0.323. The van der Waals surface area contributed by atoms with Crippen molar-refractivity contribution in [2.24, 2.45) is 10.1 Å². The van der Waals surface area contributed by atoms with Crippen LogP contribution in [0.1, 0.15) is 32.6 Å². The van der Waals surface area contributed by atoms with Crippen LogP contribution in [0.3, 0.4) is 0 Å². The molecule has 0 aromatic heterocycles. The minimum absolute atomic E-state index is 0.629. The fourth-order valence-corrected chi connectivity index (χ4v) is 1.05. The summed E-state index contributed by atoms with van der Waals surface area (Å²) >= 11 is 0. The summed E-state index contributed by atoms with van der Waals surface area (Å²) in [5.74, 6) is 0.629. The third-order valence-electron chi connectivity index (χ3n) is 1.80. The molecule has 0 aromatic rings. The molecular weight excluding hydrogens is 140 g/mol. The average molecular weight is 154 g/mol. The Kier molecular flexibility index (Phi) is 3.08. The summed E-state index contributed by atoms with van der Waals surface area (Å²) in [5.41, 5.74) is 1.17. The molecule has 0 aliphatic heterocycles. The first kappa shape index (κ1) is 8.24. The Labute approximate surface area is 67.1 Å². The van der Waals surface area contributed by atoms with Gasteiger partial charge in [0.1, 0.15) is 0 Å². The van der Waals surface area contributed by atoms with E-state index in [9.17, 15) is 0 Å². The van der Waals surface area contributed by atoms with Crippen LogP contribution >= 0.6 is 0 Å². The largest absolute Gasteiger partial charge is 0.342 e. The molecule has 1 saturated carbocycles. The van der Waals surface area contributed by atoms with Gasteiger partial charge in [0, 0.05) is 14.0 Å². The minimum Gasteiger partial charge on any atom is -0.342 e. The van der Waals surface area contributed by atoms with Crippen molar-refractivity contribution in [3.63, 3.8) is 0 Å². The first-order chi connectivity index (χ1) is 5.33. The van der Waals surface area contributed by atoms with Gasteiger partial charge in [-0.15, -0.1) is 0 Å². The SMILES string of the molecule is CN=C(C)ON=C1CCCC1. The Morgan fingerprint density at radius 3 is 2.55 bits per heavy atom. The average Bonchev–Trinajstić information content (AvgIpc) is 2.52. The first-order valence-corrected chi connectivity index (χ1v) is 3.99. The highest BCUT2D eigenvalue weighted by molar-refractivity contribution is 5.86. The molecule has 62 valence electrons. The molecule has 0 aromatic carbocycles. The van der Waals surface area contributed by atoms with Gasteiger partial charge in [0.05, 0.1) is 5.71 Å². The van der Waals surface area contributed by atoms with Crippen molar-refractivity contribution in [1.82, 2.24) is 0 Å². The van der Waals surface area contributed by atoms with Gasteiger partial charge < -0.3 is 4.84 Å². The zero-order valence-corrected chi connectivity index (χ0v) is 7.13. The zero-order chi connectivity index (χ0) is 8.10. The predicted molar refractivity (Wildman–Crippen MR) is 46.0 cm³/mol. The molecule has 3 nitrogen and oxygen atoms in total. The normalized spacial score (nSPS) is 18.7. The van der Waals surface area contributed by atoms with Crippen LogP contribution < -0.4 is 0 Å². The van der Waals surface area contributed by atoms with Gasteiger partial charge in [0.15, 0.2) is 0 Å². The lowest BCUT2D eigenvalue weighted by Crippen LogP contribution is -1.97. The highest BCUT2D eigenvalue weighted by Crippen LogP contribution is 2.14. The van der Waals surface area contributed by atoms with E-state index in [0.29, 0.717) is 5.90 Å². The third kappa shape index (κ3) is 2.70. The summed E-state index contributed by atoms with van der Waals surface area (Å²) < 4.78 is 0. The number of hydrogen-bond acceptors (Lipinski definition) is 3. The van der Waals surface area contributed by atoms with Gasteiger partial charge in [-0.05, 0) is 25.7 Å². The number of nitrogens with zero attached hydrogens (tertiary/aromatic N) is 2. The van der Waals surface area contributed by atoms with Crippen LogP contribution in [0.15, 0.2) is 10.1 Å². The van der Waals surface area contributed by atoms with Gasteiger partial charge in [0.25, 0.3) is 0 Å². The van der Waals surface area contributed by atoms with Crippen LogP contribution in [0.5, 0.6) is 0 Å². The molecule has 0 saturated heterocycles. The zero-order valence-electron chi connectivity index (χ0n) is 7.13. The summed E-state index contributed by atoms with van der Waals surface area (Å²) in [7, 11) is 1.70. The van der Waals surface area contributed by atoms with E-state index in [1.165, 1.54) is 18.6 Å². The molecule has 11 heavy (non-hydrogen) atoms. The van der Waals surface area contributed by atoms with Crippen molar-refractivity contribution in [3.8, 4) is 0 Å². The van der Waals surface area contributed by atoms with E-state index in [4.69, 9.17) is 4.84 Å². The molecule has 0 bridgehead atoms. The van der Waals surface area contributed by atoms with E-state index >= 15 is 0 Å². The molecule has 1 aliphatic rings. The molecule has 3 heteroatoms. The third-order valence-corrected chi connectivity index (χ3v) is 1.80. The van der Waals surface area contributed by atoms with E-state index in [0.717, 1.165) is 12.8 Å². The monoisotopic (exact) mass is 154 g/mol. The van der Waals surface area contributed by atoms with Crippen molar-refractivity contribution >= 4 is 11.6 Å². The van der Waals surface area contributed by atoms with Gasteiger partial charge in [-0.1, -0.05) is 5.16 Å². The summed E-state index contributed by atoms with van der Waals surface area (Å²) in [6.07, 6.45) is 4.70. The van der Waals surface area contributed by atoms with Crippen molar-refractivity contribution in [2.45, 2.75) is 32.6 Å². The summed E-state index contributed by atoms with van der Waals surface area (Å²) in [6.45, 7) is 1.80. The van der Waals surface area contributed by atoms with Crippen LogP contribution in [0.4, 0.5) is 0 Å². The molecule has 0 heterocycles. The molecule has 0 radical (unpaired) electrons. The van der Waals surface area contributed by atoms with E-state index in [1.807, 2.05) is 0 Å². The lowest BCUT2D eigenvalue weighted by Gasteiger charge is -1.96. The molecule has 1 aliphatic carbocycles. The highest BCUT2D eigenvalue weighted by Gasteiger charge is 2.08. The number of hydrogen-bond donors (Lipinski definition) is 0. The van der Waals surface area contributed by atoms with Crippen molar-refractivity contribution in [2.75, 3.05) is 7.05 Å². The Balaban J connectivity index is 2.34. The van der Waals surface area contributed by atoms with E-state index in [1.54, 1.807) is 14.0 Å². The predicted octanol–water partition coefficient (Wildman–Crippen LogP) is 1.98. The van der Waals surface area contributed by atoms with Crippen molar-refractivity contribution < 1.29 is 4.84 Å². The summed E-state index contributed by atoms with van der Waals surface area (Å²) in [4.78, 5) is 8.85. The number of rotatable bonds is 1. The van der Waals surface area contributed by atoms with Gasteiger partial charge in [-0.3, -0.25) is 4.99 Å². The van der Waals surface area contributed by atoms with Crippen LogP contribution in [0, 0.1) is 0 Å². The summed E-state index contributed by atoms with van der Waals surface area (Å²) in [6, 6.07) is 0. The Morgan fingerprint density at radius 1 is 1.36 bits per heavy atom. The smallest absolute Gasteiger partial charge is 0.216 e. The van der Waals surface area contributed by atoms with Crippen LogP contribution in [-0.4, -0.2) is 18.7 Å². The van der Waals surface area contributed by atoms with E-state index < -0.39 is 0 Å². The second-order valence-corrected chi connectivity index (χ2v) is 2.70. The Bertz CT molecular complexity index is 177. The highest BCUT2D eigenvalue weighted by atomic mass is 16.6. The Hall–Kier alpha value is -0.860. The molecule has 1 fully saturated rings. The number of aliphatic imine (C=N–C) groups is 1. The maximum atomic E-state index is 5.01. The second-order valence-electron chi connectivity index (χ2n) is 2.70. The van der Waals surface area contributed by atoms with Crippen LogP contribution in [0.2, 0.25) is 0 Å². The maximum absolute atomic E-state index is 5.01.